The Morgan fingerprint density at radius 1 is 1.00 bits per heavy atom. The molecule has 0 bridgehead atoms. The van der Waals surface area contributed by atoms with Crippen molar-refractivity contribution in [1.29, 1.82) is 10.5 Å². The summed E-state index contributed by atoms with van der Waals surface area (Å²) in [5, 5.41) is 18.9. The Balaban J connectivity index is 2.78. The predicted octanol–water partition coefficient (Wildman–Crippen LogP) is 1.33. The summed E-state index contributed by atoms with van der Waals surface area (Å²) in [4.78, 5) is 0. The van der Waals surface area contributed by atoms with Crippen LogP contribution >= 0.6 is 21.6 Å². The lowest BCUT2D eigenvalue weighted by molar-refractivity contribution is 1.57. The molecule has 0 aromatic rings. The van der Waals surface area contributed by atoms with E-state index in [9.17, 15) is 0 Å². The summed E-state index contributed by atoms with van der Waals surface area (Å²) in [7, 11) is 1.74. The maximum atomic E-state index is 7.74. The molecule has 4 heteroatoms. The lowest BCUT2D eigenvalue weighted by atomic mass is 11.8. The van der Waals surface area contributed by atoms with Gasteiger partial charge in [-0.05, 0) is 0 Å². The van der Waals surface area contributed by atoms with E-state index in [0.717, 1.165) is 21.6 Å². The lowest BCUT2D eigenvalue weighted by Gasteiger charge is -1.61. The maximum Gasteiger partial charge on any atom is 0.145 e. The van der Waals surface area contributed by atoms with Crippen molar-refractivity contribution in [2.24, 2.45) is 0 Å². The van der Waals surface area contributed by atoms with E-state index in [4.69, 9.17) is 10.5 Å². The molecule has 0 saturated carbocycles. The van der Waals surface area contributed by atoms with Crippen LogP contribution in [-0.2, 0) is 0 Å². The van der Waals surface area contributed by atoms with Gasteiger partial charge < -0.3 is 0 Å². The van der Waals surface area contributed by atoms with Crippen molar-refractivity contribution in [2.75, 3.05) is 0 Å². The van der Waals surface area contributed by atoms with Crippen molar-refractivity contribution >= 4 is 21.6 Å². The monoisotopic (exact) mass is 116 g/mol. The zero-order chi connectivity index (χ0) is 4.83. The highest BCUT2D eigenvalue weighted by Crippen LogP contribution is 2.15. The molecule has 0 atom stereocenters. The zero-order valence-corrected chi connectivity index (χ0v) is 4.34. The fraction of sp³-hybridized carbons (Fsp3) is 0. The van der Waals surface area contributed by atoms with E-state index in [1.54, 1.807) is 10.8 Å². The molecule has 0 fully saturated rings. The van der Waals surface area contributed by atoms with Crippen molar-refractivity contribution in [3.8, 4) is 10.8 Å². The quantitative estimate of drug-likeness (QED) is 0.294. The molecule has 0 aromatic heterocycles. The van der Waals surface area contributed by atoms with Crippen LogP contribution in [0, 0.1) is 21.3 Å². The summed E-state index contributed by atoms with van der Waals surface area (Å²) < 4.78 is 0. The molecule has 2 nitrogen and oxygen atoms in total. The summed E-state index contributed by atoms with van der Waals surface area (Å²) in [5.41, 5.74) is 0. The molecule has 0 aliphatic rings. The zero-order valence-electron chi connectivity index (χ0n) is 2.71. The lowest BCUT2D eigenvalue weighted by Crippen LogP contribution is -1.30. The number of thiocyanates is 2. The van der Waals surface area contributed by atoms with Crippen molar-refractivity contribution in [2.45, 2.75) is 0 Å². The molecule has 0 spiro atoms. The van der Waals surface area contributed by atoms with E-state index in [1.807, 2.05) is 0 Å². The van der Waals surface area contributed by atoms with Crippen molar-refractivity contribution in [3.05, 3.63) is 0 Å². The van der Waals surface area contributed by atoms with Crippen molar-refractivity contribution in [3.63, 3.8) is 0 Å². The van der Waals surface area contributed by atoms with Crippen LogP contribution in [0.5, 0.6) is 0 Å². The molecule has 0 rings (SSSR count). The second-order valence-corrected chi connectivity index (χ2v) is 2.05. The van der Waals surface area contributed by atoms with Gasteiger partial charge in [-0.2, -0.15) is 10.5 Å². The molecule has 30 valence electrons. The maximum absolute atomic E-state index is 7.74. The van der Waals surface area contributed by atoms with Gasteiger partial charge in [0.15, 0.2) is 0 Å². The van der Waals surface area contributed by atoms with Crippen LogP contribution < -0.4 is 0 Å². The Morgan fingerprint density at radius 3 is 1.50 bits per heavy atom. The second kappa shape index (κ2) is 4.68. The van der Waals surface area contributed by atoms with E-state index in [-0.39, 0.29) is 0 Å². The molecule has 0 radical (unpaired) electrons. The molecule has 0 aliphatic carbocycles. The second-order valence-electron chi connectivity index (χ2n) is 0.349. The van der Waals surface area contributed by atoms with E-state index < -0.39 is 0 Å². The minimum Gasteiger partial charge on any atom is -0.184 e. The average Bonchev–Trinajstić information content (AvgIpc) is 1.61. The van der Waals surface area contributed by atoms with Crippen LogP contribution in [0.1, 0.15) is 0 Å². The molecular formula is C2N2S2. The molecule has 6 heavy (non-hydrogen) atoms. The Bertz CT molecular complexity index is 83.1. The van der Waals surface area contributed by atoms with Gasteiger partial charge in [0.1, 0.15) is 10.8 Å². The van der Waals surface area contributed by atoms with E-state index in [2.05, 4.69) is 0 Å². The Morgan fingerprint density at radius 2 is 1.33 bits per heavy atom. The summed E-state index contributed by atoms with van der Waals surface area (Å²) in [6.45, 7) is 0. The Hall–Kier alpha value is -0.320. The summed E-state index contributed by atoms with van der Waals surface area (Å²) in [6.07, 6.45) is 0. The molecule has 0 heterocycles. The first-order chi connectivity index (χ1) is 2.91. The summed E-state index contributed by atoms with van der Waals surface area (Å²) in [6, 6.07) is 0. The highest BCUT2D eigenvalue weighted by molar-refractivity contribution is 8.80. The average molecular weight is 116 g/mol. The third-order valence-corrected chi connectivity index (χ3v) is 1.05. The molecule has 0 N–H and O–H groups in total. The summed E-state index contributed by atoms with van der Waals surface area (Å²) in [5.74, 6) is 0. The van der Waals surface area contributed by atoms with Gasteiger partial charge in [-0.3, -0.25) is 0 Å². The van der Waals surface area contributed by atoms with Gasteiger partial charge in [0.05, 0.1) is 0 Å². The SMILES string of the molecule is N#CSSC#N. The Labute approximate surface area is 43.5 Å². The highest BCUT2D eigenvalue weighted by atomic mass is 33.1. The number of rotatable bonds is 1. The summed E-state index contributed by atoms with van der Waals surface area (Å²) >= 11 is 0. The van der Waals surface area contributed by atoms with Gasteiger partial charge in [0.2, 0.25) is 0 Å². The standard InChI is InChI=1S/C2N2S2/c3-1-5-6-2-4. The minimum absolute atomic E-state index is 0.869. The number of nitrogens with zero attached hydrogens (tertiary/aromatic N) is 2. The number of hydrogen-bond donors (Lipinski definition) is 0. The van der Waals surface area contributed by atoms with Crippen LogP contribution in [0.2, 0.25) is 0 Å². The minimum atomic E-state index is 0.869. The molecule has 0 aromatic carbocycles. The van der Waals surface area contributed by atoms with Gasteiger partial charge in [0, 0.05) is 21.6 Å². The van der Waals surface area contributed by atoms with Crippen LogP contribution in [0.4, 0.5) is 0 Å². The first kappa shape index (κ1) is 5.68. The highest BCUT2D eigenvalue weighted by Gasteiger charge is 1.74. The number of nitriles is 2. The van der Waals surface area contributed by atoms with Crippen molar-refractivity contribution < 1.29 is 0 Å². The largest absolute Gasteiger partial charge is 0.184 e. The van der Waals surface area contributed by atoms with Crippen molar-refractivity contribution in [1.82, 2.24) is 0 Å². The van der Waals surface area contributed by atoms with Gasteiger partial charge in [0.25, 0.3) is 0 Å². The molecule has 0 amide bonds. The first-order valence-corrected chi connectivity index (χ1v) is 3.17. The Kier molecular flexibility index (Phi) is 4.43. The third-order valence-electron chi connectivity index (χ3n) is 0.116. The normalized spacial score (nSPS) is 5.67. The predicted molar refractivity (Wildman–Crippen MR) is 26.4 cm³/mol. The van der Waals surface area contributed by atoms with Gasteiger partial charge in [-0.15, -0.1) is 0 Å². The van der Waals surface area contributed by atoms with Crippen LogP contribution in [0.15, 0.2) is 0 Å². The van der Waals surface area contributed by atoms with Gasteiger partial charge >= 0.3 is 0 Å². The fourth-order valence-electron chi connectivity index (χ4n) is 0.0373. The fourth-order valence-corrected chi connectivity index (χ4v) is 0.335. The van der Waals surface area contributed by atoms with Gasteiger partial charge in [-0.1, -0.05) is 0 Å². The van der Waals surface area contributed by atoms with E-state index in [1.165, 1.54) is 0 Å². The van der Waals surface area contributed by atoms with E-state index >= 15 is 0 Å². The third kappa shape index (κ3) is 3.68. The van der Waals surface area contributed by atoms with Crippen LogP contribution in [0.3, 0.4) is 0 Å². The molecule has 0 saturated heterocycles. The smallest absolute Gasteiger partial charge is 0.145 e. The molecule has 0 aliphatic heterocycles. The van der Waals surface area contributed by atoms with Crippen LogP contribution in [-0.4, -0.2) is 0 Å². The molecular weight excluding hydrogens is 116 g/mol. The topological polar surface area (TPSA) is 47.6 Å². The van der Waals surface area contributed by atoms with Crippen LogP contribution in [0.25, 0.3) is 0 Å². The van der Waals surface area contributed by atoms with E-state index in [0.29, 0.717) is 0 Å². The number of hydrogen-bond acceptors (Lipinski definition) is 4. The van der Waals surface area contributed by atoms with Gasteiger partial charge in [-0.25, -0.2) is 0 Å². The first-order valence-electron chi connectivity index (χ1n) is 1.02. The molecule has 0 unspecified atom stereocenters.